The van der Waals surface area contributed by atoms with E-state index in [2.05, 4.69) is 19.0 Å². The first-order valence-corrected chi connectivity index (χ1v) is 6.68. The van der Waals surface area contributed by atoms with Gasteiger partial charge >= 0.3 is 0 Å². The van der Waals surface area contributed by atoms with E-state index in [1.807, 2.05) is 11.8 Å². The number of likely N-dealkylation sites (tertiary alicyclic amines) is 1. The van der Waals surface area contributed by atoms with Crippen LogP contribution in [0.1, 0.15) is 26.2 Å². The van der Waals surface area contributed by atoms with Crippen LogP contribution in [0.3, 0.4) is 0 Å². The molecule has 2 N–H and O–H groups in total. The van der Waals surface area contributed by atoms with Crippen molar-refractivity contribution in [3.8, 4) is 0 Å². The average molecular weight is 241 g/mol. The van der Waals surface area contributed by atoms with Crippen molar-refractivity contribution >= 4 is 5.91 Å². The maximum Gasteiger partial charge on any atom is 0.225 e. The van der Waals surface area contributed by atoms with Gasteiger partial charge in [-0.2, -0.15) is 0 Å². The van der Waals surface area contributed by atoms with Gasteiger partial charge in [-0.05, 0) is 45.8 Å². The van der Waals surface area contributed by atoms with E-state index in [9.17, 15) is 4.79 Å². The van der Waals surface area contributed by atoms with E-state index in [0.717, 1.165) is 44.8 Å². The van der Waals surface area contributed by atoms with E-state index < -0.39 is 0 Å². The van der Waals surface area contributed by atoms with Gasteiger partial charge in [0.05, 0.1) is 0 Å². The summed E-state index contributed by atoms with van der Waals surface area (Å²) in [5, 5.41) is 0. The zero-order chi connectivity index (χ0) is 12.8. The molecule has 17 heavy (non-hydrogen) atoms. The van der Waals surface area contributed by atoms with E-state index in [0.29, 0.717) is 12.5 Å². The van der Waals surface area contributed by atoms with Gasteiger partial charge in [0.25, 0.3) is 0 Å². The summed E-state index contributed by atoms with van der Waals surface area (Å²) in [5.74, 6) is 1.13. The van der Waals surface area contributed by atoms with Crippen LogP contribution in [0.25, 0.3) is 0 Å². The molecule has 1 fully saturated rings. The molecule has 4 nitrogen and oxygen atoms in total. The molecule has 1 unspecified atom stereocenters. The summed E-state index contributed by atoms with van der Waals surface area (Å²) in [4.78, 5) is 16.3. The molecule has 1 atom stereocenters. The molecule has 100 valence electrons. The number of piperidine rings is 1. The van der Waals surface area contributed by atoms with Crippen LogP contribution in [0, 0.1) is 11.8 Å². The lowest BCUT2D eigenvalue weighted by Crippen LogP contribution is -2.43. The van der Waals surface area contributed by atoms with Gasteiger partial charge in [0, 0.05) is 25.6 Å². The third kappa shape index (κ3) is 4.64. The summed E-state index contributed by atoms with van der Waals surface area (Å²) >= 11 is 0. The molecule has 0 bridgehead atoms. The summed E-state index contributed by atoms with van der Waals surface area (Å²) in [5.41, 5.74) is 5.50. The highest BCUT2D eigenvalue weighted by atomic mass is 16.2. The van der Waals surface area contributed by atoms with Crippen molar-refractivity contribution in [2.45, 2.75) is 26.2 Å². The van der Waals surface area contributed by atoms with Crippen LogP contribution < -0.4 is 5.73 Å². The molecule has 1 rings (SSSR count). The van der Waals surface area contributed by atoms with Gasteiger partial charge in [-0.25, -0.2) is 0 Å². The molecule has 0 aromatic carbocycles. The van der Waals surface area contributed by atoms with Crippen molar-refractivity contribution in [2.75, 3.05) is 40.3 Å². The quantitative estimate of drug-likeness (QED) is 0.773. The molecule has 1 aliphatic rings. The van der Waals surface area contributed by atoms with Crippen molar-refractivity contribution in [1.29, 1.82) is 0 Å². The van der Waals surface area contributed by atoms with Gasteiger partial charge < -0.3 is 15.5 Å². The molecule has 0 saturated carbocycles. The van der Waals surface area contributed by atoms with Crippen LogP contribution in [-0.2, 0) is 4.79 Å². The fraction of sp³-hybridized carbons (Fsp3) is 0.923. The zero-order valence-corrected chi connectivity index (χ0v) is 11.5. The fourth-order valence-corrected chi connectivity index (χ4v) is 2.54. The Morgan fingerprint density at radius 3 is 2.47 bits per heavy atom. The summed E-state index contributed by atoms with van der Waals surface area (Å²) in [6, 6.07) is 0. The summed E-state index contributed by atoms with van der Waals surface area (Å²) < 4.78 is 0. The maximum absolute atomic E-state index is 12.1. The SMILES string of the molecule is CC(CCN)C(=O)N1CCC(CN(C)C)CC1. The number of nitrogens with two attached hydrogens (primary N) is 1. The molecule has 1 saturated heterocycles. The Morgan fingerprint density at radius 2 is 2.00 bits per heavy atom. The Balaban J connectivity index is 2.33. The van der Waals surface area contributed by atoms with Gasteiger partial charge in [0.1, 0.15) is 0 Å². The molecule has 0 aliphatic carbocycles. The predicted octanol–water partition coefficient (Wildman–Crippen LogP) is 0.772. The van der Waals surface area contributed by atoms with Crippen molar-refractivity contribution in [2.24, 2.45) is 17.6 Å². The number of amides is 1. The summed E-state index contributed by atoms with van der Waals surface area (Å²) in [6.07, 6.45) is 3.08. The van der Waals surface area contributed by atoms with Crippen LogP contribution in [0.2, 0.25) is 0 Å². The normalized spacial score (nSPS) is 19.7. The lowest BCUT2D eigenvalue weighted by atomic mass is 9.95. The van der Waals surface area contributed by atoms with Crippen molar-refractivity contribution in [1.82, 2.24) is 9.80 Å². The second-order valence-corrected chi connectivity index (χ2v) is 5.51. The maximum atomic E-state index is 12.1. The largest absolute Gasteiger partial charge is 0.342 e. The number of hydrogen-bond donors (Lipinski definition) is 1. The van der Waals surface area contributed by atoms with Gasteiger partial charge in [0.2, 0.25) is 5.91 Å². The molecule has 0 radical (unpaired) electrons. The molecule has 1 amide bonds. The monoisotopic (exact) mass is 241 g/mol. The first-order valence-electron chi connectivity index (χ1n) is 6.68. The summed E-state index contributed by atoms with van der Waals surface area (Å²) in [6.45, 7) is 5.57. The van der Waals surface area contributed by atoms with E-state index in [-0.39, 0.29) is 5.92 Å². The number of hydrogen-bond acceptors (Lipinski definition) is 3. The molecular weight excluding hydrogens is 214 g/mol. The molecular formula is C13H27N3O. The molecule has 1 aliphatic heterocycles. The third-order valence-electron chi connectivity index (χ3n) is 3.57. The Bertz CT molecular complexity index is 235. The minimum atomic E-state index is 0.0883. The third-order valence-corrected chi connectivity index (χ3v) is 3.57. The van der Waals surface area contributed by atoms with Crippen LogP contribution >= 0.6 is 0 Å². The Labute approximate surface area is 105 Å². The lowest BCUT2D eigenvalue weighted by Gasteiger charge is -2.34. The highest BCUT2D eigenvalue weighted by molar-refractivity contribution is 5.78. The van der Waals surface area contributed by atoms with Gasteiger partial charge in [-0.1, -0.05) is 6.92 Å². The smallest absolute Gasteiger partial charge is 0.225 e. The Kier molecular flexibility index (Phi) is 5.92. The van der Waals surface area contributed by atoms with Crippen molar-refractivity contribution < 1.29 is 4.79 Å². The van der Waals surface area contributed by atoms with E-state index >= 15 is 0 Å². The van der Waals surface area contributed by atoms with E-state index in [1.54, 1.807) is 0 Å². The van der Waals surface area contributed by atoms with Crippen molar-refractivity contribution in [3.63, 3.8) is 0 Å². The molecule has 0 spiro atoms. The van der Waals surface area contributed by atoms with Crippen LogP contribution in [-0.4, -0.2) is 56.0 Å². The average Bonchev–Trinajstić information content (AvgIpc) is 2.28. The predicted molar refractivity (Wildman–Crippen MR) is 70.7 cm³/mol. The number of nitrogens with zero attached hydrogens (tertiary/aromatic N) is 2. The minimum absolute atomic E-state index is 0.0883. The lowest BCUT2D eigenvalue weighted by molar-refractivity contribution is -0.136. The minimum Gasteiger partial charge on any atom is -0.342 e. The Hall–Kier alpha value is -0.610. The van der Waals surface area contributed by atoms with Crippen LogP contribution in [0.15, 0.2) is 0 Å². The molecule has 4 heteroatoms. The van der Waals surface area contributed by atoms with Crippen molar-refractivity contribution in [3.05, 3.63) is 0 Å². The first kappa shape index (κ1) is 14.5. The highest BCUT2D eigenvalue weighted by Gasteiger charge is 2.25. The van der Waals surface area contributed by atoms with E-state index in [4.69, 9.17) is 5.73 Å². The van der Waals surface area contributed by atoms with Gasteiger partial charge in [-0.3, -0.25) is 4.79 Å². The summed E-state index contributed by atoms with van der Waals surface area (Å²) in [7, 11) is 4.22. The standard InChI is InChI=1S/C13H27N3O/c1-11(4-7-14)13(17)16-8-5-12(6-9-16)10-15(2)3/h11-12H,4-10,14H2,1-3H3. The highest BCUT2D eigenvalue weighted by Crippen LogP contribution is 2.19. The number of rotatable bonds is 5. The van der Waals surface area contributed by atoms with Gasteiger partial charge in [-0.15, -0.1) is 0 Å². The first-order chi connectivity index (χ1) is 8.04. The molecule has 0 aromatic heterocycles. The topological polar surface area (TPSA) is 49.6 Å². The fourth-order valence-electron chi connectivity index (χ4n) is 2.54. The van der Waals surface area contributed by atoms with Crippen LogP contribution in [0.4, 0.5) is 0 Å². The Morgan fingerprint density at radius 1 is 1.41 bits per heavy atom. The zero-order valence-electron chi connectivity index (χ0n) is 11.5. The second-order valence-electron chi connectivity index (χ2n) is 5.51. The second kappa shape index (κ2) is 6.97. The van der Waals surface area contributed by atoms with Gasteiger partial charge in [0.15, 0.2) is 0 Å². The van der Waals surface area contributed by atoms with E-state index in [1.165, 1.54) is 0 Å². The molecule has 1 heterocycles. The van der Waals surface area contributed by atoms with Crippen LogP contribution in [0.5, 0.6) is 0 Å². The number of carbonyl (C=O) groups excluding carboxylic acids is 1. The number of carbonyl (C=O) groups is 1. The molecule has 0 aromatic rings.